The lowest BCUT2D eigenvalue weighted by molar-refractivity contribution is 0.297. The first kappa shape index (κ1) is 19.5. The smallest absolute Gasteiger partial charge is 0.232 e. The van der Waals surface area contributed by atoms with E-state index in [2.05, 4.69) is 26.3 Å². The third-order valence-electron chi connectivity index (χ3n) is 4.18. The molecule has 0 amide bonds. The number of para-hydroxylation sites is 1. The number of hydrogen-bond acceptors (Lipinski definition) is 8. The van der Waals surface area contributed by atoms with Crippen LogP contribution < -0.4 is 20.5 Å². The van der Waals surface area contributed by atoms with Crippen LogP contribution in [0.2, 0.25) is 5.02 Å². The van der Waals surface area contributed by atoms with Crippen molar-refractivity contribution in [3.63, 3.8) is 0 Å². The predicted octanol–water partition coefficient (Wildman–Crippen LogP) is 4.08. The molecule has 0 saturated carbocycles. The minimum atomic E-state index is -0.00345. The van der Waals surface area contributed by atoms with Crippen LogP contribution in [0.25, 0.3) is 11.6 Å². The van der Waals surface area contributed by atoms with Gasteiger partial charge in [0.25, 0.3) is 0 Å². The molecule has 9 heteroatoms. The molecule has 0 unspecified atom stereocenters. The van der Waals surface area contributed by atoms with Gasteiger partial charge in [0, 0.05) is 12.1 Å². The summed E-state index contributed by atoms with van der Waals surface area (Å²) >= 11 is 6.34. The minimum absolute atomic E-state index is 0.00345. The van der Waals surface area contributed by atoms with Gasteiger partial charge in [-0.15, -0.1) is 0 Å². The highest BCUT2D eigenvalue weighted by atomic mass is 35.5. The zero-order chi connectivity index (χ0) is 20.9. The van der Waals surface area contributed by atoms with Crippen LogP contribution >= 0.6 is 11.6 Å². The Morgan fingerprint density at radius 1 is 1.13 bits per heavy atom. The van der Waals surface area contributed by atoms with E-state index in [9.17, 15) is 5.26 Å². The van der Waals surface area contributed by atoms with Crippen molar-refractivity contribution in [1.29, 1.82) is 5.26 Å². The summed E-state index contributed by atoms with van der Waals surface area (Å²) in [6, 6.07) is 14.9. The highest BCUT2D eigenvalue weighted by Crippen LogP contribution is 2.38. The first-order chi connectivity index (χ1) is 14.6. The van der Waals surface area contributed by atoms with Crippen molar-refractivity contribution in [3.8, 4) is 17.6 Å². The summed E-state index contributed by atoms with van der Waals surface area (Å²) in [7, 11) is 0. The summed E-state index contributed by atoms with van der Waals surface area (Å²) < 4.78 is 11.3. The number of fused-ring (bicyclic) bond motifs is 1. The second-order valence-corrected chi connectivity index (χ2v) is 6.79. The fraction of sp³-hybridized carbons (Fsp3) is 0.143. The SMILES string of the molecule is N#C/C(=C\c1cc(Cl)c2c(c1)OCCCO2)c1nc(N)nc(Nc2ccccc2)n1. The van der Waals surface area contributed by atoms with Crippen LogP contribution in [-0.4, -0.2) is 28.2 Å². The second-order valence-electron chi connectivity index (χ2n) is 6.38. The number of hydrogen-bond donors (Lipinski definition) is 2. The molecule has 3 N–H and O–H groups in total. The molecule has 2 heterocycles. The van der Waals surface area contributed by atoms with E-state index in [0.717, 1.165) is 12.1 Å². The molecule has 0 atom stereocenters. The van der Waals surface area contributed by atoms with Crippen LogP contribution in [0.4, 0.5) is 17.6 Å². The van der Waals surface area contributed by atoms with E-state index >= 15 is 0 Å². The molecule has 0 aliphatic carbocycles. The van der Waals surface area contributed by atoms with Crippen LogP contribution in [0.15, 0.2) is 42.5 Å². The molecule has 0 radical (unpaired) electrons. The maximum Gasteiger partial charge on any atom is 0.232 e. The van der Waals surface area contributed by atoms with Crippen molar-refractivity contribution in [2.75, 3.05) is 24.3 Å². The van der Waals surface area contributed by atoms with Crippen molar-refractivity contribution < 1.29 is 9.47 Å². The van der Waals surface area contributed by atoms with Gasteiger partial charge in [0.1, 0.15) is 6.07 Å². The fourth-order valence-corrected chi connectivity index (χ4v) is 3.14. The Bertz CT molecular complexity index is 1140. The van der Waals surface area contributed by atoms with Gasteiger partial charge >= 0.3 is 0 Å². The number of ether oxygens (including phenoxy) is 2. The monoisotopic (exact) mass is 420 g/mol. The van der Waals surface area contributed by atoms with E-state index in [1.165, 1.54) is 0 Å². The Hall–Kier alpha value is -3.83. The molecule has 4 rings (SSSR count). The summed E-state index contributed by atoms with van der Waals surface area (Å²) in [4.78, 5) is 12.5. The number of nitrogen functional groups attached to an aromatic ring is 1. The predicted molar refractivity (Wildman–Crippen MR) is 115 cm³/mol. The van der Waals surface area contributed by atoms with Crippen LogP contribution in [0.5, 0.6) is 11.5 Å². The zero-order valence-electron chi connectivity index (χ0n) is 15.8. The normalized spacial score (nSPS) is 13.3. The number of nitrogens with zero attached hydrogens (tertiary/aromatic N) is 4. The lowest BCUT2D eigenvalue weighted by Crippen LogP contribution is -2.06. The third-order valence-corrected chi connectivity index (χ3v) is 4.46. The van der Waals surface area contributed by atoms with Gasteiger partial charge in [0.15, 0.2) is 17.3 Å². The largest absolute Gasteiger partial charge is 0.489 e. The molecule has 8 nitrogen and oxygen atoms in total. The number of rotatable bonds is 4. The molecule has 0 fully saturated rings. The van der Waals surface area contributed by atoms with Gasteiger partial charge in [-0.3, -0.25) is 0 Å². The Morgan fingerprint density at radius 3 is 2.73 bits per heavy atom. The van der Waals surface area contributed by atoms with Crippen molar-refractivity contribution in [2.24, 2.45) is 0 Å². The maximum absolute atomic E-state index is 9.70. The van der Waals surface area contributed by atoms with Gasteiger partial charge < -0.3 is 20.5 Å². The number of nitriles is 1. The van der Waals surface area contributed by atoms with E-state index in [0.29, 0.717) is 35.3 Å². The van der Waals surface area contributed by atoms with Crippen molar-refractivity contribution in [1.82, 2.24) is 15.0 Å². The average Bonchev–Trinajstić information content (AvgIpc) is 2.98. The quantitative estimate of drug-likeness (QED) is 0.606. The number of benzene rings is 2. The molecule has 3 aromatic rings. The Balaban J connectivity index is 1.69. The summed E-state index contributed by atoms with van der Waals surface area (Å²) in [5.74, 6) is 1.41. The molecule has 2 aromatic carbocycles. The minimum Gasteiger partial charge on any atom is -0.489 e. The Kier molecular flexibility index (Phi) is 5.63. The molecular formula is C21H17ClN6O2. The summed E-state index contributed by atoms with van der Waals surface area (Å²) in [6.45, 7) is 1.06. The maximum atomic E-state index is 9.70. The average molecular weight is 421 g/mol. The fourth-order valence-electron chi connectivity index (χ4n) is 2.87. The van der Waals surface area contributed by atoms with Gasteiger partial charge in [-0.2, -0.15) is 20.2 Å². The number of anilines is 3. The number of halogens is 1. The number of nitrogens with two attached hydrogens (primary N) is 1. The summed E-state index contributed by atoms with van der Waals surface area (Å²) in [6.07, 6.45) is 2.38. The molecule has 30 heavy (non-hydrogen) atoms. The summed E-state index contributed by atoms with van der Waals surface area (Å²) in [5, 5.41) is 13.1. The lowest BCUT2D eigenvalue weighted by atomic mass is 10.1. The van der Waals surface area contributed by atoms with Crippen LogP contribution in [0.1, 0.15) is 17.8 Å². The molecule has 0 spiro atoms. The topological polar surface area (TPSA) is 119 Å². The van der Waals surface area contributed by atoms with Crippen LogP contribution in [0.3, 0.4) is 0 Å². The van der Waals surface area contributed by atoms with Crippen molar-refractivity contribution in [3.05, 3.63) is 58.9 Å². The highest BCUT2D eigenvalue weighted by Gasteiger charge is 2.16. The zero-order valence-corrected chi connectivity index (χ0v) is 16.6. The third kappa shape index (κ3) is 4.42. The number of aromatic nitrogens is 3. The van der Waals surface area contributed by atoms with Gasteiger partial charge in [-0.05, 0) is 35.9 Å². The molecule has 150 valence electrons. The molecular weight excluding hydrogens is 404 g/mol. The van der Waals surface area contributed by atoms with E-state index < -0.39 is 0 Å². The first-order valence-corrected chi connectivity index (χ1v) is 9.55. The van der Waals surface area contributed by atoms with E-state index in [-0.39, 0.29) is 23.3 Å². The molecule has 1 aromatic heterocycles. The van der Waals surface area contributed by atoms with Gasteiger partial charge in [0.05, 0.1) is 23.8 Å². The second kappa shape index (κ2) is 8.68. The van der Waals surface area contributed by atoms with Crippen LogP contribution in [0, 0.1) is 11.3 Å². The van der Waals surface area contributed by atoms with Gasteiger partial charge in [-0.25, -0.2) is 0 Å². The van der Waals surface area contributed by atoms with E-state index in [1.54, 1.807) is 18.2 Å². The molecule has 1 aliphatic heterocycles. The highest BCUT2D eigenvalue weighted by molar-refractivity contribution is 6.32. The number of nitrogens with one attached hydrogen (secondary N) is 1. The standard InChI is InChI=1S/C21H17ClN6O2/c22-16-10-13(11-17-18(16)30-8-4-7-29-17)9-14(12-23)19-26-20(24)28-21(27-19)25-15-5-2-1-3-6-15/h1-3,5-6,9-11H,4,7-8H2,(H3,24,25,26,27,28)/b14-9+. The Labute approximate surface area is 178 Å². The van der Waals surface area contributed by atoms with Crippen molar-refractivity contribution >= 4 is 40.8 Å². The Morgan fingerprint density at radius 2 is 1.93 bits per heavy atom. The summed E-state index contributed by atoms with van der Waals surface area (Å²) in [5.41, 5.74) is 7.47. The van der Waals surface area contributed by atoms with Gasteiger partial charge in [0.2, 0.25) is 11.9 Å². The molecule has 0 bridgehead atoms. The molecule has 0 saturated heterocycles. The molecule has 1 aliphatic rings. The first-order valence-electron chi connectivity index (χ1n) is 9.17. The van der Waals surface area contributed by atoms with Crippen molar-refractivity contribution in [2.45, 2.75) is 6.42 Å². The van der Waals surface area contributed by atoms with E-state index in [1.807, 2.05) is 30.3 Å². The lowest BCUT2D eigenvalue weighted by Gasteiger charge is -2.10. The van der Waals surface area contributed by atoms with Crippen LogP contribution in [-0.2, 0) is 0 Å². The van der Waals surface area contributed by atoms with E-state index in [4.69, 9.17) is 26.8 Å². The van der Waals surface area contributed by atoms with Gasteiger partial charge in [-0.1, -0.05) is 29.8 Å². The number of allylic oxidation sites excluding steroid dienone is 1.